The fraction of sp³-hybridized carbons (Fsp3) is 1.00. The molecule has 1 fully saturated rings. The van der Waals surface area contributed by atoms with Crippen LogP contribution in [0.25, 0.3) is 0 Å². The molecule has 0 amide bonds. The van der Waals surface area contributed by atoms with Crippen molar-refractivity contribution in [2.45, 2.75) is 45.3 Å². The summed E-state index contributed by atoms with van der Waals surface area (Å²) >= 11 is 0. The largest absolute Gasteiger partial charge is 0.393 e. The van der Waals surface area contributed by atoms with E-state index in [0.29, 0.717) is 5.92 Å². The van der Waals surface area contributed by atoms with Gasteiger partial charge in [0.25, 0.3) is 0 Å². The van der Waals surface area contributed by atoms with Crippen molar-refractivity contribution in [3.05, 3.63) is 0 Å². The molecule has 0 radical (unpaired) electrons. The minimum atomic E-state index is -0.718. The summed E-state index contributed by atoms with van der Waals surface area (Å²) in [6.07, 6.45) is 1.49. The first-order chi connectivity index (χ1) is 4.91. The molecule has 0 saturated heterocycles. The first-order valence-electron chi connectivity index (χ1n) is 4.31. The molecule has 2 heteroatoms. The molecule has 0 aromatic rings. The van der Waals surface area contributed by atoms with E-state index in [2.05, 4.69) is 6.92 Å². The lowest BCUT2D eigenvalue weighted by Gasteiger charge is -2.28. The number of rotatable bonds is 1. The highest BCUT2D eigenvalue weighted by molar-refractivity contribution is 4.90. The maximum absolute atomic E-state index is 9.65. The second-order valence-corrected chi connectivity index (χ2v) is 4.40. The van der Waals surface area contributed by atoms with Crippen molar-refractivity contribution >= 4 is 0 Å². The monoisotopic (exact) mass is 158 g/mol. The Balaban J connectivity index is 2.60. The third kappa shape index (κ3) is 1.94. The molecule has 0 aromatic heterocycles. The van der Waals surface area contributed by atoms with Crippen molar-refractivity contribution in [2.24, 2.45) is 11.8 Å². The summed E-state index contributed by atoms with van der Waals surface area (Å²) in [6.45, 7) is 5.67. The molecule has 2 nitrogen and oxygen atoms in total. The normalized spacial score (nSPS) is 39.5. The van der Waals surface area contributed by atoms with Gasteiger partial charge in [-0.2, -0.15) is 0 Å². The Bertz CT molecular complexity index is 137. The Labute approximate surface area is 68.2 Å². The summed E-state index contributed by atoms with van der Waals surface area (Å²) in [4.78, 5) is 0. The Morgan fingerprint density at radius 2 is 1.82 bits per heavy atom. The Morgan fingerprint density at radius 3 is 2.00 bits per heavy atom. The van der Waals surface area contributed by atoms with E-state index in [9.17, 15) is 10.2 Å². The van der Waals surface area contributed by atoms with Gasteiger partial charge in [0, 0.05) is 5.92 Å². The maximum Gasteiger partial charge on any atom is 0.0644 e. The van der Waals surface area contributed by atoms with Crippen molar-refractivity contribution in [3.63, 3.8) is 0 Å². The number of hydrogen-bond acceptors (Lipinski definition) is 2. The van der Waals surface area contributed by atoms with Gasteiger partial charge in [-0.15, -0.1) is 0 Å². The first-order valence-corrected chi connectivity index (χ1v) is 4.31. The summed E-state index contributed by atoms with van der Waals surface area (Å²) in [6, 6.07) is 0. The van der Waals surface area contributed by atoms with Crippen LogP contribution in [0.1, 0.15) is 33.6 Å². The maximum atomic E-state index is 9.65. The summed E-state index contributed by atoms with van der Waals surface area (Å²) in [7, 11) is 0. The average molecular weight is 158 g/mol. The Morgan fingerprint density at radius 1 is 1.27 bits per heavy atom. The summed E-state index contributed by atoms with van der Waals surface area (Å²) in [5, 5.41) is 19.2. The second kappa shape index (κ2) is 2.76. The van der Waals surface area contributed by atoms with Crippen molar-refractivity contribution in [1.29, 1.82) is 0 Å². The first kappa shape index (κ1) is 9.01. The van der Waals surface area contributed by atoms with Crippen LogP contribution in [0.5, 0.6) is 0 Å². The number of aliphatic hydroxyl groups is 2. The molecular weight excluding hydrogens is 140 g/mol. The van der Waals surface area contributed by atoms with Crippen LogP contribution in [0.4, 0.5) is 0 Å². The van der Waals surface area contributed by atoms with Crippen LogP contribution in [0.3, 0.4) is 0 Å². The molecule has 0 spiro atoms. The van der Waals surface area contributed by atoms with Gasteiger partial charge in [-0.05, 0) is 32.6 Å². The third-order valence-electron chi connectivity index (χ3n) is 2.67. The average Bonchev–Trinajstić information content (AvgIpc) is 2.08. The molecule has 2 N–H and O–H groups in total. The minimum Gasteiger partial charge on any atom is -0.393 e. The van der Waals surface area contributed by atoms with E-state index < -0.39 is 5.60 Å². The topological polar surface area (TPSA) is 40.5 Å². The molecule has 0 unspecified atom stereocenters. The van der Waals surface area contributed by atoms with Crippen LogP contribution in [0.2, 0.25) is 0 Å². The van der Waals surface area contributed by atoms with Gasteiger partial charge in [0.2, 0.25) is 0 Å². The Kier molecular flexibility index (Phi) is 2.26. The molecule has 3 atom stereocenters. The quantitative estimate of drug-likeness (QED) is 0.601. The predicted molar refractivity (Wildman–Crippen MR) is 44.2 cm³/mol. The molecule has 1 aliphatic rings. The van der Waals surface area contributed by atoms with Crippen LogP contribution in [-0.4, -0.2) is 21.9 Å². The predicted octanol–water partition coefficient (Wildman–Crippen LogP) is 1.16. The van der Waals surface area contributed by atoms with E-state index in [1.807, 2.05) is 0 Å². The number of hydrogen-bond donors (Lipinski definition) is 2. The van der Waals surface area contributed by atoms with Gasteiger partial charge >= 0.3 is 0 Å². The molecule has 0 bridgehead atoms. The van der Waals surface area contributed by atoms with E-state index in [4.69, 9.17) is 0 Å². The van der Waals surface area contributed by atoms with Gasteiger partial charge in [0.15, 0.2) is 0 Å². The van der Waals surface area contributed by atoms with Crippen LogP contribution in [-0.2, 0) is 0 Å². The second-order valence-electron chi connectivity index (χ2n) is 4.40. The Hall–Kier alpha value is -0.0800. The van der Waals surface area contributed by atoms with Gasteiger partial charge in [-0.1, -0.05) is 6.92 Å². The highest BCUT2D eigenvalue weighted by Gasteiger charge is 2.39. The molecule has 0 aliphatic heterocycles. The van der Waals surface area contributed by atoms with E-state index in [-0.39, 0.29) is 12.0 Å². The highest BCUT2D eigenvalue weighted by Crippen LogP contribution is 2.37. The van der Waals surface area contributed by atoms with Crippen molar-refractivity contribution in [2.75, 3.05) is 0 Å². The zero-order valence-electron chi connectivity index (χ0n) is 7.54. The van der Waals surface area contributed by atoms with E-state index in [1.54, 1.807) is 13.8 Å². The lowest BCUT2D eigenvalue weighted by Crippen LogP contribution is -2.35. The van der Waals surface area contributed by atoms with E-state index in [1.165, 1.54) is 0 Å². The zero-order chi connectivity index (χ0) is 8.65. The van der Waals surface area contributed by atoms with E-state index in [0.717, 1.165) is 12.8 Å². The lowest BCUT2D eigenvalue weighted by atomic mass is 9.88. The molecule has 0 heterocycles. The number of aliphatic hydroxyl groups excluding tert-OH is 1. The molecular formula is C9H18O2. The van der Waals surface area contributed by atoms with E-state index >= 15 is 0 Å². The summed E-state index contributed by atoms with van der Waals surface area (Å²) in [5.41, 5.74) is -0.718. The molecule has 1 saturated carbocycles. The van der Waals surface area contributed by atoms with Gasteiger partial charge in [0.1, 0.15) is 0 Å². The highest BCUT2D eigenvalue weighted by atomic mass is 16.3. The molecule has 66 valence electrons. The molecule has 11 heavy (non-hydrogen) atoms. The van der Waals surface area contributed by atoms with Crippen LogP contribution >= 0.6 is 0 Å². The molecule has 1 aliphatic carbocycles. The molecule has 0 aromatic carbocycles. The van der Waals surface area contributed by atoms with Gasteiger partial charge in [0.05, 0.1) is 11.7 Å². The smallest absolute Gasteiger partial charge is 0.0644 e. The van der Waals surface area contributed by atoms with Crippen LogP contribution in [0, 0.1) is 11.8 Å². The summed E-state index contributed by atoms with van der Waals surface area (Å²) < 4.78 is 0. The van der Waals surface area contributed by atoms with Gasteiger partial charge < -0.3 is 10.2 Å². The van der Waals surface area contributed by atoms with Gasteiger partial charge in [-0.3, -0.25) is 0 Å². The standard InChI is InChI=1S/C9H18O2/c1-6-4-7(8(10)5-6)9(2,3)11/h6-8,10-11H,4-5H2,1-3H3/t6-,7+,8+/m1/s1. The van der Waals surface area contributed by atoms with Crippen LogP contribution in [0.15, 0.2) is 0 Å². The fourth-order valence-corrected chi connectivity index (χ4v) is 2.02. The lowest BCUT2D eigenvalue weighted by molar-refractivity contribution is -0.0316. The summed E-state index contributed by atoms with van der Waals surface area (Å²) in [5.74, 6) is 0.624. The fourth-order valence-electron chi connectivity index (χ4n) is 2.02. The van der Waals surface area contributed by atoms with Crippen molar-refractivity contribution < 1.29 is 10.2 Å². The van der Waals surface area contributed by atoms with Crippen molar-refractivity contribution in [1.82, 2.24) is 0 Å². The zero-order valence-corrected chi connectivity index (χ0v) is 7.54. The third-order valence-corrected chi connectivity index (χ3v) is 2.67. The molecule has 1 rings (SSSR count). The van der Waals surface area contributed by atoms with Gasteiger partial charge in [-0.25, -0.2) is 0 Å². The SMILES string of the molecule is C[C@H]1C[C@H](O)[C@@H](C(C)(C)O)C1. The minimum absolute atomic E-state index is 0.0671. The van der Waals surface area contributed by atoms with Crippen molar-refractivity contribution in [3.8, 4) is 0 Å². The van der Waals surface area contributed by atoms with Crippen LogP contribution < -0.4 is 0 Å².